The molecule has 1 unspecified atom stereocenters. The zero-order chi connectivity index (χ0) is 21.3. The zero-order valence-electron chi connectivity index (χ0n) is 17.8. The molecule has 1 N–H and O–H groups in total. The number of anilines is 1. The summed E-state index contributed by atoms with van der Waals surface area (Å²) < 4.78 is 2.04. The third-order valence-electron chi connectivity index (χ3n) is 5.47. The normalized spacial score (nSPS) is 12.4. The maximum atomic E-state index is 13.0. The maximum absolute atomic E-state index is 13.0. The first-order valence-electron chi connectivity index (χ1n) is 10.3. The highest BCUT2D eigenvalue weighted by Crippen LogP contribution is 2.29. The fourth-order valence-electron chi connectivity index (χ4n) is 3.79. The van der Waals surface area contributed by atoms with Gasteiger partial charge in [0.05, 0.1) is 10.8 Å². The second-order valence-electron chi connectivity index (χ2n) is 7.43. The summed E-state index contributed by atoms with van der Waals surface area (Å²) in [5, 5.41) is 13.5. The molecule has 30 heavy (non-hydrogen) atoms. The van der Waals surface area contributed by atoms with Crippen molar-refractivity contribution in [1.29, 1.82) is 0 Å². The number of carbonyl (C=O) groups is 1. The van der Waals surface area contributed by atoms with Crippen LogP contribution in [0, 0.1) is 6.92 Å². The molecular formula is C24H26N4OS. The predicted octanol–water partition coefficient (Wildman–Crippen LogP) is 5.44. The third kappa shape index (κ3) is 3.67. The van der Waals surface area contributed by atoms with E-state index >= 15 is 0 Å². The number of pyridine rings is 1. The van der Waals surface area contributed by atoms with Gasteiger partial charge in [0.15, 0.2) is 10.8 Å². The summed E-state index contributed by atoms with van der Waals surface area (Å²) in [5.74, 6) is -0.0243. The van der Waals surface area contributed by atoms with Crippen LogP contribution in [-0.2, 0) is 17.6 Å². The van der Waals surface area contributed by atoms with E-state index in [2.05, 4.69) is 66.6 Å². The van der Waals surface area contributed by atoms with E-state index in [9.17, 15) is 4.79 Å². The van der Waals surface area contributed by atoms with Crippen molar-refractivity contribution in [1.82, 2.24) is 14.6 Å². The fraction of sp³-hybridized carbons (Fsp3) is 0.292. The second kappa shape index (κ2) is 8.48. The second-order valence-corrected chi connectivity index (χ2v) is 8.74. The van der Waals surface area contributed by atoms with Crippen molar-refractivity contribution >= 4 is 39.9 Å². The lowest BCUT2D eigenvalue weighted by Crippen LogP contribution is -2.24. The van der Waals surface area contributed by atoms with Crippen molar-refractivity contribution in [2.75, 3.05) is 5.32 Å². The smallest absolute Gasteiger partial charge is 0.237 e. The minimum absolute atomic E-state index is 0.0243. The Morgan fingerprint density at radius 2 is 1.77 bits per heavy atom. The SMILES string of the molecule is CCc1cccc(CC)c1NC(=O)C(C)Sc1nnc2cc(C)c3ccccc3n12. The van der Waals surface area contributed by atoms with Gasteiger partial charge in [-0.2, -0.15) is 0 Å². The molecule has 6 heteroatoms. The minimum atomic E-state index is -0.313. The molecule has 5 nitrogen and oxygen atoms in total. The van der Waals surface area contributed by atoms with Gasteiger partial charge < -0.3 is 5.32 Å². The third-order valence-corrected chi connectivity index (χ3v) is 6.51. The van der Waals surface area contributed by atoms with Gasteiger partial charge in [0, 0.05) is 11.1 Å². The van der Waals surface area contributed by atoms with Crippen molar-refractivity contribution in [2.45, 2.75) is 50.9 Å². The van der Waals surface area contributed by atoms with Crippen molar-refractivity contribution in [3.8, 4) is 0 Å². The Labute approximate surface area is 180 Å². The van der Waals surface area contributed by atoms with Crippen LogP contribution in [0.4, 0.5) is 5.69 Å². The topological polar surface area (TPSA) is 59.3 Å². The molecule has 4 rings (SSSR count). The quantitative estimate of drug-likeness (QED) is 0.424. The molecule has 4 aromatic rings. The van der Waals surface area contributed by atoms with Gasteiger partial charge in [-0.1, -0.05) is 62.0 Å². The van der Waals surface area contributed by atoms with Crippen molar-refractivity contribution in [3.63, 3.8) is 0 Å². The van der Waals surface area contributed by atoms with E-state index in [0.717, 1.165) is 56.9 Å². The number of carbonyl (C=O) groups excluding carboxylic acids is 1. The van der Waals surface area contributed by atoms with Crippen LogP contribution in [0.1, 0.15) is 37.5 Å². The number of thioether (sulfide) groups is 1. The highest BCUT2D eigenvalue weighted by Gasteiger charge is 2.21. The summed E-state index contributed by atoms with van der Waals surface area (Å²) >= 11 is 1.43. The number of fused-ring (bicyclic) bond motifs is 3. The Kier molecular flexibility index (Phi) is 5.77. The molecule has 0 saturated carbocycles. The van der Waals surface area contributed by atoms with E-state index in [1.807, 2.05) is 29.5 Å². The molecule has 0 spiro atoms. The lowest BCUT2D eigenvalue weighted by atomic mass is 10.0. The molecule has 154 valence electrons. The Hall–Kier alpha value is -2.86. The predicted molar refractivity (Wildman–Crippen MR) is 124 cm³/mol. The average molecular weight is 419 g/mol. The van der Waals surface area contributed by atoms with E-state index in [1.54, 1.807) is 0 Å². The molecule has 0 radical (unpaired) electrons. The molecule has 0 fully saturated rings. The minimum Gasteiger partial charge on any atom is -0.325 e. The molecule has 2 aromatic heterocycles. The van der Waals surface area contributed by atoms with Crippen LogP contribution in [0.15, 0.2) is 53.7 Å². The number of nitrogens with zero attached hydrogens (tertiary/aromatic N) is 3. The fourth-order valence-corrected chi connectivity index (χ4v) is 4.66. The summed E-state index contributed by atoms with van der Waals surface area (Å²) in [4.78, 5) is 13.0. The highest BCUT2D eigenvalue weighted by molar-refractivity contribution is 8.00. The molecule has 2 aromatic carbocycles. The van der Waals surface area contributed by atoms with Crippen LogP contribution in [-0.4, -0.2) is 25.8 Å². The van der Waals surface area contributed by atoms with Crippen LogP contribution < -0.4 is 5.32 Å². The lowest BCUT2D eigenvalue weighted by Gasteiger charge is -2.17. The number of amides is 1. The van der Waals surface area contributed by atoms with E-state index in [0.29, 0.717) is 0 Å². The Balaban J connectivity index is 1.64. The summed E-state index contributed by atoms with van der Waals surface area (Å²) in [6.45, 7) is 8.21. The average Bonchev–Trinajstić information content (AvgIpc) is 3.16. The maximum Gasteiger partial charge on any atom is 0.237 e. The number of hydrogen-bond acceptors (Lipinski definition) is 4. The molecule has 0 saturated heterocycles. The number of aromatic nitrogens is 3. The van der Waals surface area contributed by atoms with E-state index in [-0.39, 0.29) is 11.2 Å². The largest absolute Gasteiger partial charge is 0.325 e. The molecule has 2 heterocycles. The first kappa shape index (κ1) is 20.4. The summed E-state index contributed by atoms with van der Waals surface area (Å²) in [7, 11) is 0. The van der Waals surface area contributed by atoms with E-state index in [1.165, 1.54) is 11.8 Å². The number of rotatable bonds is 6. The molecule has 0 aliphatic rings. The monoisotopic (exact) mass is 418 g/mol. The van der Waals surface area contributed by atoms with Crippen LogP contribution in [0.5, 0.6) is 0 Å². The number of para-hydroxylation sites is 2. The molecule has 1 amide bonds. The van der Waals surface area contributed by atoms with Crippen molar-refractivity contribution in [3.05, 3.63) is 65.2 Å². The molecule has 0 aliphatic heterocycles. The van der Waals surface area contributed by atoms with Crippen LogP contribution in [0.3, 0.4) is 0 Å². The van der Waals surface area contributed by atoms with Gasteiger partial charge in [0.2, 0.25) is 5.91 Å². The van der Waals surface area contributed by atoms with Crippen molar-refractivity contribution in [2.24, 2.45) is 0 Å². The van der Waals surface area contributed by atoms with Gasteiger partial charge in [-0.05, 0) is 55.5 Å². The Morgan fingerprint density at radius 3 is 2.47 bits per heavy atom. The van der Waals surface area contributed by atoms with Gasteiger partial charge in [-0.15, -0.1) is 10.2 Å². The summed E-state index contributed by atoms with van der Waals surface area (Å²) in [5.41, 5.74) is 6.29. The number of benzene rings is 2. The van der Waals surface area contributed by atoms with Crippen LogP contribution >= 0.6 is 11.8 Å². The Morgan fingerprint density at radius 1 is 1.07 bits per heavy atom. The van der Waals surface area contributed by atoms with Gasteiger partial charge in [0.25, 0.3) is 0 Å². The van der Waals surface area contributed by atoms with Gasteiger partial charge >= 0.3 is 0 Å². The summed E-state index contributed by atoms with van der Waals surface area (Å²) in [6.07, 6.45) is 1.76. The number of hydrogen-bond donors (Lipinski definition) is 1. The highest BCUT2D eigenvalue weighted by atomic mass is 32.2. The molecule has 1 atom stereocenters. The Bertz CT molecular complexity index is 1210. The first-order chi connectivity index (χ1) is 14.5. The number of nitrogens with one attached hydrogen (secondary N) is 1. The first-order valence-corrected chi connectivity index (χ1v) is 11.2. The lowest BCUT2D eigenvalue weighted by molar-refractivity contribution is -0.115. The van der Waals surface area contributed by atoms with Gasteiger partial charge in [-0.3, -0.25) is 9.20 Å². The van der Waals surface area contributed by atoms with Crippen molar-refractivity contribution < 1.29 is 4.79 Å². The molecule has 0 bridgehead atoms. The van der Waals surface area contributed by atoms with E-state index in [4.69, 9.17) is 0 Å². The zero-order valence-corrected chi connectivity index (χ0v) is 18.6. The van der Waals surface area contributed by atoms with Crippen LogP contribution in [0.25, 0.3) is 16.6 Å². The van der Waals surface area contributed by atoms with E-state index < -0.39 is 0 Å². The number of aryl methyl sites for hydroxylation is 3. The van der Waals surface area contributed by atoms with Crippen LogP contribution in [0.2, 0.25) is 0 Å². The standard InChI is InChI=1S/C24H26N4OS/c1-5-17-10-9-11-18(6-2)22(17)25-23(29)16(4)30-24-27-26-21-14-15(3)19-12-7-8-13-20(19)28(21)24/h7-14,16H,5-6H2,1-4H3,(H,25,29). The molecular weight excluding hydrogens is 392 g/mol. The van der Waals surface area contributed by atoms with Gasteiger partial charge in [-0.25, -0.2) is 0 Å². The molecule has 0 aliphatic carbocycles. The van der Waals surface area contributed by atoms with Gasteiger partial charge in [0.1, 0.15) is 0 Å². The summed E-state index contributed by atoms with van der Waals surface area (Å²) in [6, 6.07) is 16.5.